The third-order valence-corrected chi connectivity index (χ3v) is 4.39. The van der Waals surface area contributed by atoms with E-state index in [2.05, 4.69) is 28.2 Å². The Hall–Kier alpha value is -0.520. The van der Waals surface area contributed by atoms with Crippen LogP contribution in [0.4, 0.5) is 8.78 Å². The van der Waals surface area contributed by atoms with Crippen LogP contribution in [0.1, 0.15) is 38.3 Å². The highest BCUT2D eigenvalue weighted by Gasteiger charge is 2.36. The number of rotatable bonds is 5. The average Bonchev–Trinajstić information content (AvgIpc) is 2.84. The summed E-state index contributed by atoms with van der Waals surface area (Å²) >= 11 is 3.13. The summed E-state index contributed by atoms with van der Waals surface area (Å²) in [4.78, 5) is 0. The van der Waals surface area contributed by atoms with Gasteiger partial charge in [-0.2, -0.15) is 0 Å². The molecule has 1 aliphatic rings. The Morgan fingerprint density at radius 2 is 2.20 bits per heavy atom. The molecule has 0 aliphatic carbocycles. The topological polar surface area (TPSA) is 21.3 Å². The van der Waals surface area contributed by atoms with Gasteiger partial charge in [0.15, 0.2) is 0 Å². The van der Waals surface area contributed by atoms with Gasteiger partial charge < -0.3 is 10.1 Å². The molecule has 1 aromatic carbocycles. The normalized spacial score (nSPS) is 24.1. The summed E-state index contributed by atoms with van der Waals surface area (Å²) in [5.74, 6) is -0.787. The second-order valence-corrected chi connectivity index (χ2v) is 6.14. The zero-order valence-electron chi connectivity index (χ0n) is 11.8. The molecule has 1 aliphatic heterocycles. The average molecular weight is 348 g/mol. The molecule has 1 aromatic rings. The number of nitrogens with one attached hydrogen (secondary N) is 1. The van der Waals surface area contributed by atoms with Crippen molar-refractivity contribution in [2.24, 2.45) is 5.92 Å². The predicted octanol–water partition coefficient (Wildman–Crippen LogP) is 4.19. The minimum atomic E-state index is -0.540. The molecule has 2 nitrogen and oxygen atoms in total. The fourth-order valence-corrected chi connectivity index (χ4v) is 3.00. The fraction of sp³-hybridized carbons (Fsp3) is 0.600. The Balaban J connectivity index is 2.38. The Morgan fingerprint density at radius 1 is 1.45 bits per heavy atom. The summed E-state index contributed by atoms with van der Waals surface area (Å²) in [7, 11) is 0. The molecule has 112 valence electrons. The number of benzene rings is 1. The summed E-state index contributed by atoms with van der Waals surface area (Å²) < 4.78 is 34.5. The standard InChI is InChI=1S/C15H20BrF2NO/c1-3-7-19-14(15-9(2)6-8-20-15)12-11(17)5-4-10(16)13(12)18/h4-5,9,14-15,19H,3,6-8H2,1-2H3. The first-order valence-corrected chi connectivity index (χ1v) is 7.84. The molecule has 1 heterocycles. The monoisotopic (exact) mass is 347 g/mol. The Morgan fingerprint density at radius 3 is 2.80 bits per heavy atom. The van der Waals surface area contributed by atoms with Crippen LogP contribution in [0, 0.1) is 17.6 Å². The molecule has 20 heavy (non-hydrogen) atoms. The quantitative estimate of drug-likeness (QED) is 0.806. The molecular weight excluding hydrogens is 328 g/mol. The zero-order chi connectivity index (χ0) is 14.7. The Kier molecular flexibility index (Phi) is 5.52. The molecule has 1 saturated heterocycles. The van der Waals surface area contributed by atoms with Gasteiger partial charge in [0.25, 0.3) is 0 Å². The van der Waals surface area contributed by atoms with Crippen LogP contribution >= 0.6 is 15.9 Å². The minimum absolute atomic E-state index is 0.0755. The van der Waals surface area contributed by atoms with Gasteiger partial charge in [0.05, 0.1) is 16.6 Å². The first-order chi connectivity index (χ1) is 9.56. The lowest BCUT2D eigenvalue weighted by Crippen LogP contribution is -2.36. The van der Waals surface area contributed by atoms with Gasteiger partial charge >= 0.3 is 0 Å². The molecule has 2 rings (SSSR count). The molecule has 1 fully saturated rings. The van der Waals surface area contributed by atoms with Crippen LogP contribution in [0.5, 0.6) is 0 Å². The zero-order valence-corrected chi connectivity index (χ0v) is 13.3. The first-order valence-electron chi connectivity index (χ1n) is 7.04. The van der Waals surface area contributed by atoms with Crippen LogP contribution in [0.3, 0.4) is 0 Å². The van der Waals surface area contributed by atoms with E-state index in [4.69, 9.17) is 4.74 Å². The summed E-state index contributed by atoms with van der Waals surface area (Å²) in [5, 5.41) is 3.24. The third kappa shape index (κ3) is 3.21. The molecule has 0 spiro atoms. The summed E-state index contributed by atoms with van der Waals surface area (Å²) in [6.45, 7) is 5.43. The van der Waals surface area contributed by atoms with Gasteiger partial charge in [-0.15, -0.1) is 0 Å². The molecule has 3 atom stereocenters. The second-order valence-electron chi connectivity index (χ2n) is 5.29. The van der Waals surface area contributed by atoms with Crippen molar-refractivity contribution in [3.05, 3.63) is 33.8 Å². The molecule has 0 aromatic heterocycles. The molecular formula is C15H20BrF2NO. The van der Waals surface area contributed by atoms with Gasteiger partial charge in [-0.3, -0.25) is 0 Å². The van der Waals surface area contributed by atoms with Crippen molar-refractivity contribution < 1.29 is 13.5 Å². The molecule has 3 unspecified atom stereocenters. The van der Waals surface area contributed by atoms with Gasteiger partial charge in [-0.05, 0) is 53.4 Å². The molecule has 0 amide bonds. The minimum Gasteiger partial charge on any atom is -0.376 e. The van der Waals surface area contributed by atoms with E-state index < -0.39 is 17.7 Å². The van der Waals surface area contributed by atoms with Crippen LogP contribution in [0.2, 0.25) is 0 Å². The molecule has 0 bridgehead atoms. The van der Waals surface area contributed by atoms with E-state index in [1.165, 1.54) is 12.1 Å². The van der Waals surface area contributed by atoms with Crippen molar-refractivity contribution in [3.8, 4) is 0 Å². The molecule has 0 saturated carbocycles. The van der Waals surface area contributed by atoms with Crippen molar-refractivity contribution in [1.29, 1.82) is 0 Å². The van der Waals surface area contributed by atoms with Crippen molar-refractivity contribution >= 4 is 15.9 Å². The summed E-state index contributed by atoms with van der Waals surface area (Å²) in [6, 6.07) is 2.23. The van der Waals surface area contributed by atoms with Gasteiger partial charge in [-0.1, -0.05) is 13.8 Å². The van der Waals surface area contributed by atoms with Crippen molar-refractivity contribution in [3.63, 3.8) is 0 Å². The third-order valence-electron chi connectivity index (χ3n) is 3.78. The number of hydrogen-bond acceptors (Lipinski definition) is 2. The van der Waals surface area contributed by atoms with Gasteiger partial charge in [0, 0.05) is 12.2 Å². The van der Waals surface area contributed by atoms with Gasteiger partial charge in [0.2, 0.25) is 0 Å². The maximum absolute atomic E-state index is 14.3. The number of hydrogen-bond donors (Lipinski definition) is 1. The van der Waals surface area contributed by atoms with E-state index in [-0.39, 0.29) is 22.1 Å². The second kappa shape index (κ2) is 6.96. The smallest absolute Gasteiger partial charge is 0.145 e. The van der Waals surface area contributed by atoms with E-state index in [9.17, 15) is 8.78 Å². The van der Waals surface area contributed by atoms with Crippen molar-refractivity contribution in [2.75, 3.05) is 13.2 Å². The lowest BCUT2D eigenvalue weighted by molar-refractivity contribution is 0.0583. The van der Waals surface area contributed by atoms with Crippen LogP contribution in [-0.2, 0) is 4.74 Å². The van der Waals surface area contributed by atoms with Gasteiger partial charge in [-0.25, -0.2) is 8.78 Å². The summed E-state index contributed by atoms with van der Waals surface area (Å²) in [5.41, 5.74) is 0.0755. The highest BCUT2D eigenvalue weighted by atomic mass is 79.9. The largest absolute Gasteiger partial charge is 0.376 e. The van der Waals surface area contributed by atoms with E-state index >= 15 is 0 Å². The predicted molar refractivity (Wildman–Crippen MR) is 78.6 cm³/mol. The number of halogens is 3. The molecule has 1 N–H and O–H groups in total. The number of ether oxygens (including phenoxy) is 1. The molecule has 5 heteroatoms. The van der Waals surface area contributed by atoms with Crippen molar-refractivity contribution in [2.45, 2.75) is 38.8 Å². The van der Waals surface area contributed by atoms with Crippen LogP contribution < -0.4 is 5.32 Å². The first kappa shape index (κ1) is 15.9. The lowest BCUT2D eigenvalue weighted by atomic mass is 9.91. The van der Waals surface area contributed by atoms with Crippen LogP contribution in [0.25, 0.3) is 0 Å². The summed E-state index contributed by atoms with van der Waals surface area (Å²) in [6.07, 6.45) is 1.63. The van der Waals surface area contributed by atoms with Crippen LogP contribution in [-0.4, -0.2) is 19.3 Å². The highest BCUT2D eigenvalue weighted by Crippen LogP contribution is 2.35. The highest BCUT2D eigenvalue weighted by molar-refractivity contribution is 9.10. The maximum atomic E-state index is 14.3. The Labute approximate surface area is 127 Å². The molecule has 0 radical (unpaired) electrons. The SMILES string of the molecule is CCCNC(c1c(F)ccc(Br)c1F)C1OCCC1C. The Bertz CT molecular complexity index is 469. The van der Waals surface area contributed by atoms with E-state index in [0.29, 0.717) is 13.2 Å². The van der Waals surface area contributed by atoms with E-state index in [0.717, 1.165) is 12.8 Å². The fourth-order valence-electron chi connectivity index (χ4n) is 2.65. The van der Waals surface area contributed by atoms with Crippen LogP contribution in [0.15, 0.2) is 16.6 Å². The maximum Gasteiger partial charge on any atom is 0.145 e. The van der Waals surface area contributed by atoms with Crippen molar-refractivity contribution in [1.82, 2.24) is 5.32 Å². The lowest BCUT2D eigenvalue weighted by Gasteiger charge is -2.28. The van der Waals surface area contributed by atoms with E-state index in [1.54, 1.807) is 0 Å². The van der Waals surface area contributed by atoms with Gasteiger partial charge in [0.1, 0.15) is 11.6 Å². The van der Waals surface area contributed by atoms with E-state index in [1.807, 2.05) is 6.92 Å².